The summed E-state index contributed by atoms with van der Waals surface area (Å²) in [6.07, 6.45) is 1.52. The fourth-order valence-corrected chi connectivity index (χ4v) is 1.20. The van der Waals surface area contributed by atoms with E-state index in [2.05, 4.69) is 10.3 Å². The van der Waals surface area contributed by atoms with Gasteiger partial charge in [0, 0.05) is 13.1 Å². The second-order valence-corrected chi connectivity index (χ2v) is 2.67. The number of nitrogens with zero attached hydrogens (tertiary/aromatic N) is 1. The van der Waals surface area contributed by atoms with Gasteiger partial charge in [0.2, 0.25) is 0 Å². The Morgan fingerprint density at radius 3 is 3.17 bits per heavy atom. The molecule has 1 saturated heterocycles. The molecule has 1 aliphatic heterocycles. The van der Waals surface area contributed by atoms with Gasteiger partial charge in [-0.1, -0.05) is 0 Å². The first-order chi connectivity index (χ1) is 5.86. The van der Waals surface area contributed by atoms with Gasteiger partial charge in [0.25, 0.3) is 6.01 Å². The third-order valence-corrected chi connectivity index (χ3v) is 1.80. The van der Waals surface area contributed by atoms with Crippen LogP contribution in [0.2, 0.25) is 0 Å². The van der Waals surface area contributed by atoms with Gasteiger partial charge in [-0.15, -0.1) is 0 Å². The number of hydrogen-bond acceptors (Lipinski definition) is 5. The van der Waals surface area contributed by atoms with Crippen LogP contribution in [0, 0.1) is 0 Å². The fourth-order valence-electron chi connectivity index (χ4n) is 1.20. The van der Waals surface area contributed by atoms with Gasteiger partial charge in [0.05, 0.1) is 6.61 Å². The van der Waals surface area contributed by atoms with Crippen LogP contribution in [0.1, 0.15) is 11.8 Å². The summed E-state index contributed by atoms with van der Waals surface area (Å²) >= 11 is 0. The molecule has 2 heterocycles. The summed E-state index contributed by atoms with van der Waals surface area (Å²) in [6.45, 7) is 2.37. The van der Waals surface area contributed by atoms with Crippen LogP contribution < -0.4 is 11.1 Å². The maximum Gasteiger partial charge on any atom is 0.292 e. The molecule has 0 aliphatic carbocycles. The number of morpholine rings is 1. The normalized spacial score (nSPS) is 24.2. The Bertz CT molecular complexity index is 255. The molecular formula is C7H11N3O2. The number of nitrogens with two attached hydrogens (primary N) is 1. The third-order valence-electron chi connectivity index (χ3n) is 1.80. The summed E-state index contributed by atoms with van der Waals surface area (Å²) < 4.78 is 10.3. The van der Waals surface area contributed by atoms with Crippen molar-refractivity contribution in [3.05, 3.63) is 12.0 Å². The lowest BCUT2D eigenvalue weighted by atomic mass is 10.2. The number of oxazole rings is 1. The van der Waals surface area contributed by atoms with Crippen molar-refractivity contribution >= 4 is 6.01 Å². The van der Waals surface area contributed by atoms with Crippen LogP contribution in [0.15, 0.2) is 10.7 Å². The first-order valence-electron chi connectivity index (χ1n) is 3.89. The average molecular weight is 169 g/mol. The molecule has 1 aromatic rings. The Kier molecular flexibility index (Phi) is 1.97. The fraction of sp³-hybridized carbons (Fsp3) is 0.571. The molecule has 12 heavy (non-hydrogen) atoms. The van der Waals surface area contributed by atoms with Crippen LogP contribution in [-0.2, 0) is 4.74 Å². The number of nitrogens with one attached hydrogen (secondary N) is 1. The van der Waals surface area contributed by atoms with E-state index in [9.17, 15) is 0 Å². The van der Waals surface area contributed by atoms with Crippen molar-refractivity contribution in [2.24, 2.45) is 0 Å². The first kappa shape index (κ1) is 7.57. The monoisotopic (exact) mass is 169 g/mol. The molecule has 1 unspecified atom stereocenters. The number of hydrogen-bond donors (Lipinski definition) is 2. The molecule has 1 fully saturated rings. The first-order valence-corrected chi connectivity index (χ1v) is 3.89. The minimum Gasteiger partial charge on any atom is -0.432 e. The van der Waals surface area contributed by atoms with E-state index >= 15 is 0 Å². The molecule has 0 spiro atoms. The van der Waals surface area contributed by atoms with Crippen LogP contribution in [0.25, 0.3) is 0 Å². The Labute approximate surface area is 69.9 Å². The lowest BCUT2D eigenvalue weighted by molar-refractivity contribution is 0.0250. The third kappa shape index (κ3) is 1.41. The number of anilines is 1. The van der Waals surface area contributed by atoms with Gasteiger partial charge >= 0.3 is 0 Å². The zero-order chi connectivity index (χ0) is 8.39. The van der Waals surface area contributed by atoms with Gasteiger partial charge in [-0.25, -0.2) is 0 Å². The Morgan fingerprint density at radius 2 is 2.58 bits per heavy atom. The molecule has 0 amide bonds. The Hall–Kier alpha value is -1.07. The predicted octanol–water partition coefficient (Wildman–Crippen LogP) is -0.0823. The highest BCUT2D eigenvalue weighted by molar-refractivity contribution is 5.14. The summed E-state index contributed by atoms with van der Waals surface area (Å²) in [5.74, 6) is 0. The molecule has 5 heteroatoms. The van der Waals surface area contributed by atoms with E-state index in [-0.39, 0.29) is 12.1 Å². The van der Waals surface area contributed by atoms with Crippen molar-refractivity contribution in [2.75, 3.05) is 25.4 Å². The van der Waals surface area contributed by atoms with Gasteiger partial charge in [-0.2, -0.15) is 4.98 Å². The topological polar surface area (TPSA) is 73.3 Å². The van der Waals surface area contributed by atoms with Crippen LogP contribution >= 0.6 is 0 Å². The van der Waals surface area contributed by atoms with Crippen LogP contribution in [0.3, 0.4) is 0 Å². The van der Waals surface area contributed by atoms with E-state index in [1.165, 1.54) is 6.26 Å². The molecule has 0 aromatic carbocycles. The van der Waals surface area contributed by atoms with E-state index in [4.69, 9.17) is 14.9 Å². The molecule has 1 aliphatic rings. The maximum absolute atomic E-state index is 5.44. The van der Waals surface area contributed by atoms with Crippen LogP contribution in [0.5, 0.6) is 0 Å². The molecule has 5 nitrogen and oxygen atoms in total. The molecule has 1 aromatic heterocycles. The summed E-state index contributed by atoms with van der Waals surface area (Å²) in [4.78, 5) is 3.98. The zero-order valence-corrected chi connectivity index (χ0v) is 6.62. The van der Waals surface area contributed by atoms with Crippen molar-refractivity contribution < 1.29 is 9.15 Å². The van der Waals surface area contributed by atoms with Crippen LogP contribution in [0.4, 0.5) is 6.01 Å². The minimum atomic E-state index is -0.0141. The SMILES string of the molecule is Nc1nc(C2CNCCO2)co1. The summed E-state index contributed by atoms with van der Waals surface area (Å²) in [6, 6.07) is 0.194. The molecular weight excluding hydrogens is 158 g/mol. The summed E-state index contributed by atoms with van der Waals surface area (Å²) in [5.41, 5.74) is 6.10. The number of rotatable bonds is 1. The molecule has 0 bridgehead atoms. The molecule has 0 radical (unpaired) electrons. The van der Waals surface area contributed by atoms with E-state index in [1.54, 1.807) is 0 Å². The highest BCUT2D eigenvalue weighted by Crippen LogP contribution is 2.18. The zero-order valence-electron chi connectivity index (χ0n) is 6.62. The lowest BCUT2D eigenvalue weighted by Crippen LogP contribution is -2.33. The molecule has 66 valence electrons. The van der Waals surface area contributed by atoms with Crippen molar-refractivity contribution in [3.8, 4) is 0 Å². The number of aromatic nitrogens is 1. The second kappa shape index (κ2) is 3.12. The smallest absolute Gasteiger partial charge is 0.292 e. The summed E-state index contributed by atoms with van der Waals surface area (Å²) in [7, 11) is 0. The summed E-state index contributed by atoms with van der Waals surface area (Å²) in [5, 5.41) is 3.20. The molecule has 2 rings (SSSR count). The van der Waals surface area contributed by atoms with Crippen molar-refractivity contribution in [3.63, 3.8) is 0 Å². The molecule has 3 N–H and O–H groups in total. The Morgan fingerprint density at radius 1 is 1.67 bits per heavy atom. The van der Waals surface area contributed by atoms with Crippen molar-refractivity contribution in [1.29, 1.82) is 0 Å². The average Bonchev–Trinajstić information content (AvgIpc) is 2.54. The van der Waals surface area contributed by atoms with E-state index in [1.807, 2.05) is 0 Å². The highest BCUT2D eigenvalue weighted by Gasteiger charge is 2.18. The van der Waals surface area contributed by atoms with Gasteiger partial charge in [0.1, 0.15) is 18.1 Å². The Balaban J connectivity index is 2.08. The largest absolute Gasteiger partial charge is 0.432 e. The minimum absolute atomic E-state index is 0.0141. The quantitative estimate of drug-likeness (QED) is 0.615. The standard InChI is InChI=1S/C7H11N3O2/c8-7-10-5(4-12-7)6-3-9-1-2-11-6/h4,6,9H,1-3H2,(H2,8,10). The number of nitrogen functional groups attached to an aromatic ring is 1. The second-order valence-electron chi connectivity index (χ2n) is 2.67. The van der Waals surface area contributed by atoms with E-state index in [0.29, 0.717) is 6.61 Å². The highest BCUT2D eigenvalue weighted by atomic mass is 16.5. The molecule has 1 atom stereocenters. The van der Waals surface area contributed by atoms with E-state index in [0.717, 1.165) is 18.8 Å². The lowest BCUT2D eigenvalue weighted by Gasteiger charge is -2.21. The van der Waals surface area contributed by atoms with Gasteiger partial charge in [-0.05, 0) is 0 Å². The van der Waals surface area contributed by atoms with Gasteiger partial charge in [0.15, 0.2) is 0 Å². The number of ether oxygens (including phenoxy) is 1. The van der Waals surface area contributed by atoms with Crippen LogP contribution in [-0.4, -0.2) is 24.7 Å². The van der Waals surface area contributed by atoms with E-state index < -0.39 is 0 Å². The molecule has 0 saturated carbocycles. The maximum atomic E-state index is 5.44. The predicted molar refractivity (Wildman–Crippen MR) is 42.5 cm³/mol. The van der Waals surface area contributed by atoms with Crippen molar-refractivity contribution in [1.82, 2.24) is 10.3 Å². The van der Waals surface area contributed by atoms with Gasteiger partial charge in [-0.3, -0.25) is 0 Å². The van der Waals surface area contributed by atoms with Gasteiger partial charge < -0.3 is 20.2 Å². The van der Waals surface area contributed by atoms with Crippen molar-refractivity contribution in [2.45, 2.75) is 6.10 Å².